The molecule has 6 nitrogen and oxygen atoms in total. The van der Waals surface area contributed by atoms with Gasteiger partial charge in [-0.05, 0) is 52.5 Å². The number of piperidine rings is 1. The molecule has 8 heteroatoms. The van der Waals surface area contributed by atoms with E-state index in [4.69, 9.17) is 0 Å². The highest BCUT2D eigenvalue weighted by Gasteiger charge is 2.26. The largest absolute Gasteiger partial charge is 0.339 e. The van der Waals surface area contributed by atoms with E-state index >= 15 is 0 Å². The molecule has 1 fully saturated rings. The molecule has 1 aliphatic heterocycles. The zero-order chi connectivity index (χ0) is 19.9. The molecule has 2 aromatic rings. The van der Waals surface area contributed by atoms with Gasteiger partial charge in [0.1, 0.15) is 0 Å². The van der Waals surface area contributed by atoms with Crippen molar-refractivity contribution < 1.29 is 14.4 Å². The van der Waals surface area contributed by atoms with Crippen LogP contribution >= 0.6 is 27.3 Å². The summed E-state index contributed by atoms with van der Waals surface area (Å²) >= 11 is 4.59. The molecule has 3 rings (SSSR count). The summed E-state index contributed by atoms with van der Waals surface area (Å²) in [4.78, 5) is 38.8. The van der Waals surface area contributed by atoms with Gasteiger partial charge in [0, 0.05) is 25.1 Å². The first-order valence-electron chi connectivity index (χ1n) is 8.90. The van der Waals surface area contributed by atoms with Crippen LogP contribution in [0.25, 0.3) is 6.08 Å². The number of halogens is 1. The van der Waals surface area contributed by atoms with Crippen molar-refractivity contribution in [2.75, 3.05) is 13.1 Å². The number of carbonyl (C=O) groups excluding carboxylic acids is 3. The molecule has 28 heavy (non-hydrogen) atoms. The molecular weight excluding hydrogens is 442 g/mol. The lowest BCUT2D eigenvalue weighted by Gasteiger charge is -2.30. The normalized spacial score (nSPS) is 14.8. The smallest absolute Gasteiger partial charge is 0.279 e. The maximum Gasteiger partial charge on any atom is 0.279 e. The molecule has 0 radical (unpaired) electrons. The van der Waals surface area contributed by atoms with Gasteiger partial charge in [-0.2, -0.15) is 0 Å². The fraction of sp³-hybridized carbons (Fsp3) is 0.250. The Labute approximate surface area is 175 Å². The Morgan fingerprint density at radius 1 is 1.04 bits per heavy atom. The molecule has 1 aromatic carbocycles. The lowest BCUT2D eigenvalue weighted by molar-refractivity contribution is -0.132. The molecule has 1 aromatic heterocycles. The summed E-state index contributed by atoms with van der Waals surface area (Å²) in [5.74, 6) is -0.851. The quantitative estimate of drug-likeness (QED) is 0.541. The minimum Gasteiger partial charge on any atom is -0.339 e. The van der Waals surface area contributed by atoms with Crippen LogP contribution < -0.4 is 10.9 Å². The molecule has 2 heterocycles. The summed E-state index contributed by atoms with van der Waals surface area (Å²) in [6, 6.07) is 13.1. The second-order valence-electron chi connectivity index (χ2n) is 6.39. The van der Waals surface area contributed by atoms with E-state index in [1.54, 1.807) is 29.2 Å². The van der Waals surface area contributed by atoms with Crippen LogP contribution in [-0.2, 0) is 9.59 Å². The molecule has 146 valence electrons. The van der Waals surface area contributed by atoms with Gasteiger partial charge in [-0.3, -0.25) is 25.2 Å². The van der Waals surface area contributed by atoms with Crippen molar-refractivity contribution in [3.05, 3.63) is 62.8 Å². The van der Waals surface area contributed by atoms with Crippen LogP contribution in [0, 0.1) is 5.92 Å². The molecule has 0 aliphatic carbocycles. The Kier molecular flexibility index (Phi) is 7.00. The third kappa shape index (κ3) is 5.53. The third-order valence-electron chi connectivity index (χ3n) is 4.49. The highest BCUT2D eigenvalue weighted by molar-refractivity contribution is 9.11. The van der Waals surface area contributed by atoms with Gasteiger partial charge in [0.05, 0.1) is 8.66 Å². The molecule has 1 saturated heterocycles. The van der Waals surface area contributed by atoms with Gasteiger partial charge in [0.2, 0.25) is 11.8 Å². The molecule has 2 N–H and O–H groups in total. The lowest BCUT2D eigenvalue weighted by Crippen LogP contribution is -2.47. The minimum atomic E-state index is -0.345. The Hall–Kier alpha value is -2.45. The van der Waals surface area contributed by atoms with Gasteiger partial charge < -0.3 is 4.90 Å². The molecular formula is C20H20BrN3O3S. The fourth-order valence-electron chi connectivity index (χ4n) is 2.92. The zero-order valence-corrected chi connectivity index (χ0v) is 17.5. The predicted octanol–water partition coefficient (Wildman–Crippen LogP) is 3.22. The summed E-state index contributed by atoms with van der Waals surface area (Å²) in [7, 11) is 0. The first-order chi connectivity index (χ1) is 13.5. The Balaban J connectivity index is 1.43. The highest BCUT2D eigenvalue weighted by atomic mass is 79.9. The van der Waals surface area contributed by atoms with Crippen molar-refractivity contribution in [3.63, 3.8) is 0 Å². The van der Waals surface area contributed by atoms with E-state index in [1.807, 2.05) is 30.3 Å². The maximum atomic E-state index is 12.3. The van der Waals surface area contributed by atoms with Gasteiger partial charge in [-0.25, -0.2) is 0 Å². The van der Waals surface area contributed by atoms with Crippen LogP contribution in [0.5, 0.6) is 0 Å². The van der Waals surface area contributed by atoms with Crippen molar-refractivity contribution in [2.24, 2.45) is 5.92 Å². The Bertz CT molecular complexity index is 874. The van der Waals surface area contributed by atoms with E-state index in [0.717, 1.165) is 9.35 Å². The van der Waals surface area contributed by atoms with Crippen LogP contribution in [0.1, 0.15) is 28.1 Å². The van der Waals surface area contributed by atoms with Gasteiger partial charge >= 0.3 is 0 Å². The van der Waals surface area contributed by atoms with E-state index in [9.17, 15) is 14.4 Å². The average molecular weight is 462 g/mol. The summed E-state index contributed by atoms with van der Waals surface area (Å²) in [6.07, 6.45) is 4.49. The van der Waals surface area contributed by atoms with Crippen LogP contribution in [0.3, 0.4) is 0 Å². The van der Waals surface area contributed by atoms with Crippen LogP contribution in [0.15, 0.2) is 52.3 Å². The van der Waals surface area contributed by atoms with Crippen molar-refractivity contribution in [2.45, 2.75) is 12.8 Å². The number of nitrogens with zero attached hydrogens (tertiary/aromatic N) is 1. The van der Waals surface area contributed by atoms with Gasteiger partial charge in [-0.1, -0.05) is 30.3 Å². The van der Waals surface area contributed by atoms with Crippen molar-refractivity contribution in [3.8, 4) is 0 Å². The number of hydrogen-bond acceptors (Lipinski definition) is 4. The van der Waals surface area contributed by atoms with Crippen LogP contribution in [-0.4, -0.2) is 35.7 Å². The Morgan fingerprint density at radius 2 is 1.75 bits per heavy atom. The number of thiophene rings is 1. The first kappa shape index (κ1) is 20.3. The molecule has 1 aliphatic rings. The van der Waals surface area contributed by atoms with E-state index < -0.39 is 0 Å². The molecule has 0 spiro atoms. The third-order valence-corrected chi connectivity index (χ3v) is 6.11. The minimum absolute atomic E-state index is 0.0562. The van der Waals surface area contributed by atoms with Crippen molar-refractivity contribution in [1.29, 1.82) is 0 Å². The lowest BCUT2D eigenvalue weighted by atomic mass is 9.96. The first-order valence-corrected chi connectivity index (χ1v) is 10.5. The molecule has 0 saturated carbocycles. The second-order valence-corrected chi connectivity index (χ2v) is 8.85. The van der Waals surface area contributed by atoms with Crippen molar-refractivity contribution >= 4 is 51.1 Å². The molecule has 0 unspecified atom stereocenters. The fourth-order valence-corrected chi connectivity index (χ4v) is 4.20. The number of amides is 3. The van der Waals surface area contributed by atoms with E-state index in [1.165, 1.54) is 11.3 Å². The van der Waals surface area contributed by atoms with Crippen molar-refractivity contribution in [1.82, 2.24) is 15.8 Å². The number of benzene rings is 1. The van der Waals surface area contributed by atoms with E-state index in [2.05, 4.69) is 26.8 Å². The van der Waals surface area contributed by atoms with Crippen LogP contribution in [0.4, 0.5) is 0 Å². The van der Waals surface area contributed by atoms with E-state index in [-0.39, 0.29) is 23.6 Å². The molecule has 3 amide bonds. The summed E-state index contributed by atoms with van der Waals surface area (Å²) in [5.41, 5.74) is 5.90. The van der Waals surface area contributed by atoms with Gasteiger partial charge in [0.15, 0.2) is 0 Å². The van der Waals surface area contributed by atoms with Crippen LogP contribution in [0.2, 0.25) is 0 Å². The summed E-state index contributed by atoms with van der Waals surface area (Å²) in [5, 5.41) is 0. The summed E-state index contributed by atoms with van der Waals surface area (Å²) < 4.78 is 0.849. The van der Waals surface area contributed by atoms with Gasteiger partial charge in [0.25, 0.3) is 5.91 Å². The molecule has 0 atom stereocenters. The monoisotopic (exact) mass is 461 g/mol. The summed E-state index contributed by atoms with van der Waals surface area (Å²) in [6.45, 7) is 1.03. The number of rotatable bonds is 4. The zero-order valence-electron chi connectivity index (χ0n) is 15.1. The number of nitrogens with one attached hydrogen (secondary N) is 2. The second kappa shape index (κ2) is 9.66. The molecule has 0 bridgehead atoms. The predicted molar refractivity (Wildman–Crippen MR) is 112 cm³/mol. The number of hydrogen-bond donors (Lipinski definition) is 2. The number of likely N-dealkylation sites (tertiary alicyclic amines) is 1. The topological polar surface area (TPSA) is 78.5 Å². The average Bonchev–Trinajstić information content (AvgIpc) is 3.17. The Morgan fingerprint density at radius 3 is 2.39 bits per heavy atom. The highest BCUT2D eigenvalue weighted by Crippen LogP contribution is 2.22. The number of carbonyl (C=O) groups is 3. The standard InChI is InChI=1S/C20H20BrN3O3S/c21-17-8-7-16(28-17)20(27)23-22-19(26)15-10-12-24(13-11-15)18(25)9-6-14-4-2-1-3-5-14/h1-9,15H,10-13H2,(H,22,26)(H,23,27)/b9-6+. The SMILES string of the molecule is O=C(NNC(=O)C1CCN(C(=O)/C=C/c2ccccc2)CC1)c1ccc(Br)s1. The van der Waals surface area contributed by atoms with E-state index in [0.29, 0.717) is 30.8 Å². The maximum absolute atomic E-state index is 12.3. The van der Waals surface area contributed by atoms with Gasteiger partial charge in [-0.15, -0.1) is 11.3 Å². The number of hydrazine groups is 1.